The maximum absolute atomic E-state index is 6.99. The van der Waals surface area contributed by atoms with Gasteiger partial charge in [0.25, 0.3) is 0 Å². The summed E-state index contributed by atoms with van der Waals surface area (Å²) in [4.78, 5) is 0. The molecule has 0 amide bonds. The van der Waals surface area contributed by atoms with E-state index < -0.39 is 8.32 Å². The Hall–Kier alpha value is -1.38. The Morgan fingerprint density at radius 1 is 0.957 bits per heavy atom. The second-order valence-corrected chi connectivity index (χ2v) is 12.2. The van der Waals surface area contributed by atoms with Crippen molar-refractivity contribution in [1.29, 1.82) is 0 Å². The fourth-order valence-electron chi connectivity index (χ4n) is 3.97. The Balaban J connectivity index is 2.03. The molecule has 2 atom stereocenters. The molecule has 0 aromatic heterocycles. The molecule has 2 aromatic rings. The highest BCUT2D eigenvalue weighted by molar-refractivity contribution is 6.89. The average Bonchev–Trinajstić information content (AvgIpc) is 2.55. The molecule has 2 aromatic carbocycles. The lowest BCUT2D eigenvalue weighted by Crippen LogP contribution is -2.60. The third kappa shape index (κ3) is 3.02. The van der Waals surface area contributed by atoms with Crippen LogP contribution in [-0.2, 0) is 10.8 Å². The van der Waals surface area contributed by atoms with Crippen LogP contribution in [0.2, 0.25) is 11.1 Å². The zero-order valence-corrected chi connectivity index (χ0v) is 15.8. The van der Waals surface area contributed by atoms with Crippen LogP contribution in [0, 0.1) is 0 Å². The van der Waals surface area contributed by atoms with Crippen molar-refractivity contribution in [2.75, 3.05) is 0 Å². The molecule has 0 aliphatic carbocycles. The largest absolute Gasteiger partial charge is 0.405 e. The summed E-state index contributed by atoms with van der Waals surface area (Å²) >= 11 is 0. The molecule has 23 heavy (non-hydrogen) atoms. The summed E-state index contributed by atoms with van der Waals surface area (Å²) < 4.78 is 6.99. The van der Waals surface area contributed by atoms with Gasteiger partial charge in [0.2, 0.25) is 8.32 Å². The molecule has 1 nitrogen and oxygen atoms in total. The topological polar surface area (TPSA) is 9.23 Å². The zero-order valence-electron chi connectivity index (χ0n) is 14.8. The molecule has 0 unspecified atom stereocenters. The molecule has 1 aliphatic rings. The number of aryl methyl sites for hydroxylation is 1. The molecule has 0 spiro atoms. The fourth-order valence-corrected chi connectivity index (χ4v) is 8.90. The molecule has 3 rings (SSSR count). The molecule has 0 saturated heterocycles. The maximum atomic E-state index is 6.99. The lowest BCUT2D eigenvalue weighted by Gasteiger charge is -2.47. The quantitative estimate of drug-likeness (QED) is 0.690. The van der Waals surface area contributed by atoms with E-state index in [0.717, 1.165) is 0 Å². The number of benzene rings is 2. The van der Waals surface area contributed by atoms with Crippen molar-refractivity contribution in [3.8, 4) is 0 Å². The van der Waals surface area contributed by atoms with Gasteiger partial charge in [-0.15, -0.1) is 0 Å². The van der Waals surface area contributed by atoms with Gasteiger partial charge in [-0.2, -0.15) is 0 Å². The van der Waals surface area contributed by atoms with E-state index in [-0.39, 0.29) is 11.1 Å². The predicted octanol–water partition coefficient (Wildman–Crippen LogP) is 5.36. The third-order valence-corrected chi connectivity index (χ3v) is 10.9. The van der Waals surface area contributed by atoms with E-state index in [9.17, 15) is 0 Å². The van der Waals surface area contributed by atoms with E-state index in [1.807, 2.05) is 0 Å². The number of rotatable bonds is 3. The highest BCUT2D eigenvalue weighted by Crippen LogP contribution is 2.45. The van der Waals surface area contributed by atoms with Crippen molar-refractivity contribution in [1.82, 2.24) is 0 Å². The van der Waals surface area contributed by atoms with Gasteiger partial charge in [0, 0.05) is 0 Å². The van der Waals surface area contributed by atoms with Crippen LogP contribution in [0.15, 0.2) is 54.6 Å². The number of hydrogen-bond donors (Lipinski definition) is 0. The van der Waals surface area contributed by atoms with Crippen molar-refractivity contribution in [3.05, 3.63) is 65.7 Å². The molecule has 0 fully saturated rings. The highest BCUT2D eigenvalue weighted by Gasteiger charge is 2.51. The lowest BCUT2D eigenvalue weighted by molar-refractivity contribution is 0.201. The van der Waals surface area contributed by atoms with Crippen LogP contribution in [0.3, 0.4) is 0 Å². The molecule has 0 saturated carbocycles. The number of hydrogen-bond acceptors (Lipinski definition) is 1. The van der Waals surface area contributed by atoms with Gasteiger partial charge in [0.15, 0.2) is 0 Å². The average molecular weight is 325 g/mol. The van der Waals surface area contributed by atoms with Crippen molar-refractivity contribution in [2.45, 2.75) is 57.7 Å². The summed E-state index contributed by atoms with van der Waals surface area (Å²) in [6.45, 7) is 9.34. The highest BCUT2D eigenvalue weighted by atomic mass is 28.4. The Bertz CT molecular complexity index is 659. The summed E-state index contributed by atoms with van der Waals surface area (Å²) in [6, 6.07) is 20.9. The van der Waals surface area contributed by atoms with Crippen molar-refractivity contribution in [3.63, 3.8) is 0 Å². The summed E-state index contributed by atoms with van der Waals surface area (Å²) in [5.41, 5.74) is 2.80. The summed E-state index contributed by atoms with van der Waals surface area (Å²) in [7, 11) is -2.05. The molecule has 2 heteroatoms. The van der Waals surface area contributed by atoms with Gasteiger partial charge < -0.3 is 4.43 Å². The second-order valence-electron chi connectivity index (χ2n) is 7.76. The Labute approximate surface area is 141 Å². The molecule has 1 aliphatic heterocycles. The molecule has 122 valence electrons. The monoisotopic (exact) mass is 324 g/mol. The zero-order chi connectivity index (χ0) is 16.5. The van der Waals surface area contributed by atoms with Crippen LogP contribution in [0.25, 0.3) is 0 Å². The van der Waals surface area contributed by atoms with E-state index in [0.29, 0.717) is 0 Å². The van der Waals surface area contributed by atoms with E-state index in [4.69, 9.17) is 4.43 Å². The normalized spacial score (nSPS) is 22.4. The van der Waals surface area contributed by atoms with Gasteiger partial charge in [-0.1, -0.05) is 75.4 Å². The van der Waals surface area contributed by atoms with Gasteiger partial charge in [-0.3, -0.25) is 0 Å². The third-order valence-electron chi connectivity index (χ3n) is 5.29. The van der Waals surface area contributed by atoms with Gasteiger partial charge in [0.1, 0.15) is 0 Å². The van der Waals surface area contributed by atoms with Crippen molar-refractivity contribution < 1.29 is 4.43 Å². The molecular weight excluding hydrogens is 296 g/mol. The van der Waals surface area contributed by atoms with E-state index >= 15 is 0 Å². The maximum Gasteiger partial charge on any atom is 0.230 e. The van der Waals surface area contributed by atoms with Crippen molar-refractivity contribution >= 4 is 13.5 Å². The Kier molecular flexibility index (Phi) is 4.48. The first-order valence-corrected chi connectivity index (χ1v) is 10.9. The molecule has 0 bridgehead atoms. The number of fused-ring (bicyclic) bond motifs is 1. The molecule has 0 radical (unpaired) electrons. The van der Waals surface area contributed by atoms with E-state index in [2.05, 4.69) is 82.3 Å². The minimum absolute atomic E-state index is 0.147. The van der Waals surface area contributed by atoms with Crippen LogP contribution in [0.1, 0.15) is 51.3 Å². The second kappa shape index (κ2) is 6.25. The van der Waals surface area contributed by atoms with E-state index in [1.54, 1.807) is 0 Å². The standard InChI is InChI=1S/C21H28OSi/c1-17(18-11-6-5-7-12-18)22-23(21(2,3)4)16-10-14-19-13-8-9-15-20(19)23/h5-9,11-13,15,17H,10,14,16H2,1-4H3/t17-,23+/m0/s1. The van der Waals surface area contributed by atoms with Gasteiger partial charge >= 0.3 is 0 Å². The summed E-state index contributed by atoms with van der Waals surface area (Å²) in [5.74, 6) is 0. The summed E-state index contributed by atoms with van der Waals surface area (Å²) in [5, 5.41) is 1.72. The Morgan fingerprint density at radius 2 is 1.61 bits per heavy atom. The van der Waals surface area contributed by atoms with Gasteiger partial charge in [-0.25, -0.2) is 0 Å². The molecule has 1 heterocycles. The SMILES string of the molecule is C[C@H](O[Si@]1(C(C)(C)C)CCCc2ccccc21)c1ccccc1. The van der Waals surface area contributed by atoms with Crippen LogP contribution in [0.4, 0.5) is 0 Å². The van der Waals surface area contributed by atoms with Crippen LogP contribution >= 0.6 is 0 Å². The minimum atomic E-state index is -2.05. The Morgan fingerprint density at radius 3 is 2.30 bits per heavy atom. The molecular formula is C21H28OSi. The first kappa shape index (κ1) is 16.5. The van der Waals surface area contributed by atoms with E-state index in [1.165, 1.54) is 35.2 Å². The first-order chi connectivity index (χ1) is 10.9. The molecule has 0 N–H and O–H groups in total. The predicted molar refractivity (Wildman–Crippen MR) is 101 cm³/mol. The fraction of sp³-hybridized carbons (Fsp3) is 0.429. The summed E-state index contributed by atoms with van der Waals surface area (Å²) in [6.07, 6.45) is 2.60. The van der Waals surface area contributed by atoms with Crippen LogP contribution in [-0.4, -0.2) is 8.32 Å². The van der Waals surface area contributed by atoms with Crippen LogP contribution < -0.4 is 5.19 Å². The first-order valence-electron chi connectivity index (χ1n) is 8.75. The van der Waals surface area contributed by atoms with Gasteiger partial charge in [-0.05, 0) is 47.2 Å². The minimum Gasteiger partial charge on any atom is -0.405 e. The van der Waals surface area contributed by atoms with Gasteiger partial charge in [0.05, 0.1) is 6.10 Å². The lowest BCUT2D eigenvalue weighted by atomic mass is 10.1. The van der Waals surface area contributed by atoms with Crippen molar-refractivity contribution in [2.24, 2.45) is 0 Å². The van der Waals surface area contributed by atoms with Crippen LogP contribution in [0.5, 0.6) is 0 Å². The smallest absolute Gasteiger partial charge is 0.230 e.